The van der Waals surface area contributed by atoms with Crippen LogP contribution in [0.5, 0.6) is 0 Å². The minimum absolute atomic E-state index is 0.0252. The number of nitrogens with one attached hydrogen (secondary N) is 2. The van der Waals surface area contributed by atoms with Crippen molar-refractivity contribution in [2.45, 2.75) is 32.1 Å². The number of hydrogen-bond donors (Lipinski definition) is 3. The number of carboxylic acid groups (broad SMARTS) is 1. The molecule has 1 saturated heterocycles. The number of rotatable bonds is 7. The normalized spacial score (nSPS) is 21.0. The largest absolute Gasteiger partial charge is 0.481 e. The zero-order valence-electron chi connectivity index (χ0n) is 15.3. The van der Waals surface area contributed by atoms with E-state index in [1.54, 1.807) is 0 Å². The third kappa shape index (κ3) is 5.07. The van der Waals surface area contributed by atoms with Crippen LogP contribution in [0.4, 0.5) is 5.69 Å². The molecule has 0 bridgehead atoms. The SMILES string of the molecule is O=C(CCC1Cc2ccccc2NC1=O)NCC(C(=O)O)C1CCOCC1. The maximum Gasteiger partial charge on any atom is 0.308 e. The average molecular weight is 374 g/mol. The fourth-order valence-corrected chi connectivity index (χ4v) is 3.84. The van der Waals surface area contributed by atoms with E-state index in [2.05, 4.69) is 10.6 Å². The summed E-state index contributed by atoms with van der Waals surface area (Å²) in [5.74, 6) is -1.96. The number of hydrogen-bond acceptors (Lipinski definition) is 4. The monoisotopic (exact) mass is 374 g/mol. The van der Waals surface area contributed by atoms with Gasteiger partial charge in [0.25, 0.3) is 0 Å². The number of carbonyl (C=O) groups is 3. The van der Waals surface area contributed by atoms with Gasteiger partial charge in [0, 0.05) is 37.8 Å². The van der Waals surface area contributed by atoms with Gasteiger partial charge in [-0.3, -0.25) is 14.4 Å². The average Bonchev–Trinajstić information content (AvgIpc) is 2.67. The van der Waals surface area contributed by atoms with Crippen LogP contribution in [0.15, 0.2) is 24.3 Å². The lowest BCUT2D eigenvalue weighted by atomic mass is 9.86. The molecule has 2 unspecified atom stereocenters. The predicted molar refractivity (Wildman–Crippen MR) is 99.2 cm³/mol. The van der Waals surface area contributed by atoms with E-state index >= 15 is 0 Å². The number of benzene rings is 1. The first kappa shape index (κ1) is 19.4. The first-order valence-corrected chi connectivity index (χ1v) is 9.50. The van der Waals surface area contributed by atoms with Crippen LogP contribution >= 0.6 is 0 Å². The first-order valence-electron chi connectivity index (χ1n) is 9.50. The molecule has 27 heavy (non-hydrogen) atoms. The van der Waals surface area contributed by atoms with Crippen molar-refractivity contribution in [1.82, 2.24) is 5.32 Å². The van der Waals surface area contributed by atoms with E-state index in [0.717, 1.165) is 11.3 Å². The van der Waals surface area contributed by atoms with Crippen molar-refractivity contribution in [3.05, 3.63) is 29.8 Å². The van der Waals surface area contributed by atoms with Crippen molar-refractivity contribution in [1.29, 1.82) is 0 Å². The Morgan fingerprint density at radius 1 is 1.26 bits per heavy atom. The van der Waals surface area contributed by atoms with Crippen molar-refractivity contribution < 1.29 is 24.2 Å². The summed E-state index contributed by atoms with van der Waals surface area (Å²) in [4.78, 5) is 35.9. The van der Waals surface area contributed by atoms with Crippen LogP contribution in [0.3, 0.4) is 0 Å². The molecule has 0 aromatic heterocycles. The van der Waals surface area contributed by atoms with Gasteiger partial charge < -0.3 is 20.5 Å². The lowest BCUT2D eigenvalue weighted by Gasteiger charge is -2.28. The Bertz CT molecular complexity index is 699. The number of carbonyl (C=O) groups excluding carboxylic acids is 2. The van der Waals surface area contributed by atoms with Gasteiger partial charge in [-0.2, -0.15) is 0 Å². The smallest absolute Gasteiger partial charge is 0.308 e. The Hall–Kier alpha value is -2.41. The van der Waals surface area contributed by atoms with E-state index in [1.807, 2.05) is 24.3 Å². The summed E-state index contributed by atoms with van der Waals surface area (Å²) < 4.78 is 5.28. The van der Waals surface area contributed by atoms with Gasteiger partial charge in [-0.1, -0.05) is 18.2 Å². The van der Waals surface area contributed by atoms with Crippen LogP contribution in [0.1, 0.15) is 31.2 Å². The molecule has 0 aliphatic carbocycles. The zero-order chi connectivity index (χ0) is 19.2. The number of ether oxygens (including phenoxy) is 1. The highest BCUT2D eigenvalue weighted by atomic mass is 16.5. The zero-order valence-corrected chi connectivity index (χ0v) is 15.3. The van der Waals surface area contributed by atoms with E-state index in [-0.39, 0.29) is 36.6 Å². The Balaban J connectivity index is 1.46. The molecule has 0 saturated carbocycles. The number of amides is 2. The highest BCUT2D eigenvalue weighted by Gasteiger charge is 2.30. The third-order valence-electron chi connectivity index (χ3n) is 5.50. The summed E-state index contributed by atoms with van der Waals surface area (Å²) in [6.45, 7) is 1.26. The molecule has 2 heterocycles. The summed E-state index contributed by atoms with van der Waals surface area (Å²) in [6.07, 6.45) is 2.68. The lowest BCUT2D eigenvalue weighted by molar-refractivity contribution is -0.145. The number of para-hydroxylation sites is 1. The molecular formula is C20H26N2O5. The summed E-state index contributed by atoms with van der Waals surface area (Å²) in [5, 5.41) is 15.1. The van der Waals surface area contributed by atoms with Gasteiger partial charge in [-0.05, 0) is 43.2 Å². The topological polar surface area (TPSA) is 105 Å². The van der Waals surface area contributed by atoms with E-state index < -0.39 is 11.9 Å². The Morgan fingerprint density at radius 3 is 2.74 bits per heavy atom. The molecule has 0 radical (unpaired) electrons. The van der Waals surface area contributed by atoms with Gasteiger partial charge >= 0.3 is 5.97 Å². The lowest BCUT2D eigenvalue weighted by Crippen LogP contribution is -2.39. The minimum atomic E-state index is -0.884. The highest BCUT2D eigenvalue weighted by molar-refractivity contribution is 5.96. The second-order valence-corrected chi connectivity index (χ2v) is 7.28. The molecule has 3 N–H and O–H groups in total. The summed E-state index contributed by atoms with van der Waals surface area (Å²) in [6, 6.07) is 7.66. The quantitative estimate of drug-likeness (QED) is 0.675. The van der Waals surface area contributed by atoms with Crippen molar-refractivity contribution in [3.8, 4) is 0 Å². The summed E-state index contributed by atoms with van der Waals surface area (Å²) in [7, 11) is 0. The number of carboxylic acids is 1. The van der Waals surface area contributed by atoms with E-state index in [4.69, 9.17) is 4.74 Å². The van der Waals surface area contributed by atoms with Gasteiger partial charge in [0.05, 0.1) is 5.92 Å². The highest BCUT2D eigenvalue weighted by Crippen LogP contribution is 2.27. The molecule has 7 heteroatoms. The first-order chi connectivity index (χ1) is 13.0. The van der Waals surface area contributed by atoms with Gasteiger partial charge in [0.15, 0.2) is 0 Å². The van der Waals surface area contributed by atoms with Gasteiger partial charge in [-0.15, -0.1) is 0 Å². The van der Waals surface area contributed by atoms with Crippen molar-refractivity contribution in [3.63, 3.8) is 0 Å². The maximum atomic E-state index is 12.2. The third-order valence-corrected chi connectivity index (χ3v) is 5.50. The van der Waals surface area contributed by atoms with Crippen LogP contribution in [0.2, 0.25) is 0 Å². The van der Waals surface area contributed by atoms with E-state index in [0.29, 0.717) is 38.9 Å². The summed E-state index contributed by atoms with van der Waals surface area (Å²) >= 11 is 0. The molecule has 3 rings (SSSR count). The molecule has 1 fully saturated rings. The van der Waals surface area contributed by atoms with E-state index in [9.17, 15) is 19.5 Å². The van der Waals surface area contributed by atoms with Crippen molar-refractivity contribution in [2.24, 2.45) is 17.8 Å². The molecule has 1 aromatic carbocycles. The van der Waals surface area contributed by atoms with Gasteiger partial charge in [0.1, 0.15) is 0 Å². The Morgan fingerprint density at radius 2 is 2.00 bits per heavy atom. The number of anilines is 1. The van der Waals surface area contributed by atoms with E-state index in [1.165, 1.54) is 0 Å². The molecule has 7 nitrogen and oxygen atoms in total. The fourth-order valence-electron chi connectivity index (χ4n) is 3.84. The molecule has 2 aliphatic rings. The second kappa shape index (κ2) is 8.99. The van der Waals surface area contributed by atoms with Gasteiger partial charge in [0.2, 0.25) is 11.8 Å². The number of fused-ring (bicyclic) bond motifs is 1. The standard InChI is InChI=1S/C20H26N2O5/c23-18(21-12-16(20(25)26)13-7-9-27-10-8-13)6-5-15-11-14-3-1-2-4-17(14)22-19(15)24/h1-4,13,15-16H,5-12H2,(H,21,23)(H,22,24)(H,25,26). The fraction of sp³-hybridized carbons (Fsp3) is 0.550. The van der Waals surface area contributed by atoms with Gasteiger partial charge in [-0.25, -0.2) is 0 Å². The molecule has 1 aromatic rings. The van der Waals surface area contributed by atoms with Crippen LogP contribution in [0, 0.1) is 17.8 Å². The molecular weight excluding hydrogens is 348 g/mol. The molecule has 2 amide bonds. The molecule has 0 spiro atoms. The second-order valence-electron chi connectivity index (χ2n) is 7.28. The van der Waals surface area contributed by atoms with Crippen LogP contribution in [-0.4, -0.2) is 42.6 Å². The molecule has 2 aliphatic heterocycles. The molecule has 146 valence electrons. The summed E-state index contributed by atoms with van der Waals surface area (Å²) in [5.41, 5.74) is 1.91. The van der Waals surface area contributed by atoms with Crippen molar-refractivity contribution >= 4 is 23.5 Å². The number of aliphatic carboxylic acids is 1. The maximum absolute atomic E-state index is 12.2. The van der Waals surface area contributed by atoms with Crippen LogP contribution in [-0.2, 0) is 25.5 Å². The Kier molecular flexibility index (Phi) is 6.45. The molecule has 2 atom stereocenters. The predicted octanol–water partition coefficient (Wildman–Crippen LogP) is 1.82. The van der Waals surface area contributed by atoms with Crippen LogP contribution < -0.4 is 10.6 Å². The Labute approximate surface area is 158 Å². The van der Waals surface area contributed by atoms with Crippen molar-refractivity contribution in [2.75, 3.05) is 25.1 Å². The van der Waals surface area contributed by atoms with Crippen LogP contribution in [0.25, 0.3) is 0 Å². The minimum Gasteiger partial charge on any atom is -0.481 e.